The standard InChI is InChI=1S/C16H21ClN2OS/c1-12(13-9-16(17)21-11-13)18-14-5-4-6-15(10-14)20-8-7-19(2)3/h4-6,9-12,18H,7-8H2,1-3H3. The Kier molecular flexibility index (Phi) is 5.91. The van der Waals surface area contributed by atoms with E-state index < -0.39 is 0 Å². The molecule has 1 aromatic carbocycles. The SMILES string of the molecule is CC(Nc1cccc(OCCN(C)C)c1)c1csc(Cl)c1. The molecule has 2 aromatic rings. The number of anilines is 1. The number of hydrogen-bond donors (Lipinski definition) is 1. The van der Waals surface area contributed by atoms with E-state index in [0.717, 1.165) is 22.3 Å². The van der Waals surface area contributed by atoms with Crippen molar-refractivity contribution in [3.63, 3.8) is 0 Å². The first-order chi connectivity index (χ1) is 10.0. The highest BCUT2D eigenvalue weighted by molar-refractivity contribution is 7.14. The molecule has 0 radical (unpaired) electrons. The average molecular weight is 325 g/mol. The molecule has 0 aliphatic rings. The Morgan fingerprint density at radius 1 is 1.33 bits per heavy atom. The van der Waals surface area contributed by atoms with Gasteiger partial charge >= 0.3 is 0 Å². The summed E-state index contributed by atoms with van der Waals surface area (Å²) in [7, 11) is 4.07. The number of ether oxygens (including phenoxy) is 1. The van der Waals surface area contributed by atoms with Gasteiger partial charge in [0.1, 0.15) is 12.4 Å². The van der Waals surface area contributed by atoms with E-state index in [1.54, 1.807) is 11.3 Å². The van der Waals surface area contributed by atoms with Gasteiger partial charge in [-0.2, -0.15) is 0 Å². The van der Waals surface area contributed by atoms with Crippen molar-refractivity contribution in [1.29, 1.82) is 0 Å². The van der Waals surface area contributed by atoms with E-state index in [1.165, 1.54) is 5.56 Å². The molecule has 1 N–H and O–H groups in total. The minimum Gasteiger partial charge on any atom is -0.492 e. The lowest BCUT2D eigenvalue weighted by Gasteiger charge is -2.16. The van der Waals surface area contributed by atoms with Crippen LogP contribution in [0, 0.1) is 0 Å². The van der Waals surface area contributed by atoms with Crippen LogP contribution in [0.1, 0.15) is 18.5 Å². The number of thiophene rings is 1. The third-order valence-electron chi connectivity index (χ3n) is 3.11. The Morgan fingerprint density at radius 3 is 2.81 bits per heavy atom. The summed E-state index contributed by atoms with van der Waals surface area (Å²) in [4.78, 5) is 2.10. The molecule has 5 heteroatoms. The minimum absolute atomic E-state index is 0.214. The second-order valence-electron chi connectivity index (χ2n) is 5.23. The summed E-state index contributed by atoms with van der Waals surface area (Å²) in [6, 6.07) is 10.3. The average Bonchev–Trinajstić information content (AvgIpc) is 2.85. The van der Waals surface area contributed by atoms with Gasteiger partial charge in [-0.25, -0.2) is 0 Å². The summed E-state index contributed by atoms with van der Waals surface area (Å²) in [5.74, 6) is 0.886. The van der Waals surface area contributed by atoms with Gasteiger partial charge in [0.15, 0.2) is 0 Å². The molecule has 1 unspecified atom stereocenters. The van der Waals surface area contributed by atoms with Crippen LogP contribution in [0.4, 0.5) is 5.69 Å². The van der Waals surface area contributed by atoms with Crippen LogP contribution in [0.15, 0.2) is 35.7 Å². The molecule has 0 aliphatic heterocycles. The van der Waals surface area contributed by atoms with Crippen LogP contribution in [-0.4, -0.2) is 32.1 Å². The predicted molar refractivity (Wildman–Crippen MR) is 91.9 cm³/mol. The monoisotopic (exact) mass is 324 g/mol. The first kappa shape index (κ1) is 16.1. The zero-order chi connectivity index (χ0) is 15.2. The lowest BCUT2D eigenvalue weighted by atomic mass is 10.1. The Hall–Kier alpha value is -1.23. The van der Waals surface area contributed by atoms with Gasteiger partial charge in [0.2, 0.25) is 0 Å². The third kappa shape index (κ3) is 5.23. The normalized spacial score (nSPS) is 12.4. The number of benzene rings is 1. The summed E-state index contributed by atoms with van der Waals surface area (Å²) in [5, 5.41) is 5.55. The van der Waals surface area contributed by atoms with Crippen molar-refractivity contribution in [3.8, 4) is 5.75 Å². The molecule has 0 aliphatic carbocycles. The van der Waals surface area contributed by atoms with Gasteiger partial charge < -0.3 is 15.0 Å². The van der Waals surface area contributed by atoms with Gasteiger partial charge in [-0.3, -0.25) is 0 Å². The zero-order valence-corrected chi connectivity index (χ0v) is 14.2. The Morgan fingerprint density at radius 2 is 2.14 bits per heavy atom. The van der Waals surface area contributed by atoms with Crippen LogP contribution in [0.5, 0.6) is 5.75 Å². The summed E-state index contributed by atoms with van der Waals surface area (Å²) < 4.78 is 6.57. The van der Waals surface area contributed by atoms with Gasteiger partial charge in [-0.15, -0.1) is 11.3 Å². The molecule has 0 saturated carbocycles. The number of nitrogens with zero attached hydrogens (tertiary/aromatic N) is 1. The molecule has 0 fully saturated rings. The first-order valence-corrected chi connectivity index (χ1v) is 8.18. The molecule has 0 bridgehead atoms. The third-order valence-corrected chi connectivity index (χ3v) is 4.22. The van der Waals surface area contributed by atoms with Crippen molar-refractivity contribution in [1.82, 2.24) is 4.90 Å². The van der Waals surface area contributed by atoms with Gasteiger partial charge in [0.25, 0.3) is 0 Å². The molecule has 21 heavy (non-hydrogen) atoms. The van der Waals surface area contributed by atoms with E-state index in [4.69, 9.17) is 16.3 Å². The maximum atomic E-state index is 5.98. The highest BCUT2D eigenvalue weighted by Crippen LogP contribution is 2.28. The van der Waals surface area contributed by atoms with E-state index in [1.807, 2.05) is 44.4 Å². The number of likely N-dealkylation sites (N-methyl/N-ethyl adjacent to an activating group) is 1. The van der Waals surface area contributed by atoms with Crippen LogP contribution in [0.25, 0.3) is 0 Å². The van der Waals surface area contributed by atoms with Crippen molar-refractivity contribution >= 4 is 28.6 Å². The molecule has 1 atom stereocenters. The molecule has 114 valence electrons. The zero-order valence-electron chi connectivity index (χ0n) is 12.6. The number of nitrogens with one attached hydrogen (secondary N) is 1. The van der Waals surface area contributed by atoms with Crippen molar-refractivity contribution in [3.05, 3.63) is 45.6 Å². The van der Waals surface area contributed by atoms with Gasteiger partial charge in [0.05, 0.1) is 4.34 Å². The lowest BCUT2D eigenvalue weighted by Crippen LogP contribution is -2.19. The predicted octanol–water partition coefficient (Wildman–Crippen LogP) is 4.52. The highest BCUT2D eigenvalue weighted by Gasteiger charge is 2.08. The summed E-state index contributed by atoms with van der Waals surface area (Å²) in [6.07, 6.45) is 0. The lowest BCUT2D eigenvalue weighted by molar-refractivity contribution is 0.261. The van der Waals surface area contributed by atoms with Gasteiger partial charge in [0, 0.05) is 24.3 Å². The molecule has 2 rings (SSSR count). The summed E-state index contributed by atoms with van der Waals surface area (Å²) >= 11 is 7.54. The summed E-state index contributed by atoms with van der Waals surface area (Å²) in [6.45, 7) is 3.71. The number of halogens is 1. The van der Waals surface area contributed by atoms with E-state index >= 15 is 0 Å². The summed E-state index contributed by atoms with van der Waals surface area (Å²) in [5.41, 5.74) is 2.25. The second-order valence-corrected chi connectivity index (χ2v) is 6.77. The molecule has 1 heterocycles. The number of hydrogen-bond acceptors (Lipinski definition) is 4. The quantitative estimate of drug-likeness (QED) is 0.810. The Balaban J connectivity index is 1.94. The van der Waals surface area contributed by atoms with E-state index in [-0.39, 0.29) is 6.04 Å². The molecular weight excluding hydrogens is 304 g/mol. The largest absolute Gasteiger partial charge is 0.492 e. The molecule has 3 nitrogen and oxygen atoms in total. The van der Waals surface area contributed by atoms with Gasteiger partial charge in [-0.05, 0) is 50.2 Å². The van der Waals surface area contributed by atoms with Crippen molar-refractivity contribution < 1.29 is 4.74 Å². The Bertz CT molecular complexity index is 571. The molecule has 0 spiro atoms. The van der Waals surface area contributed by atoms with Crippen LogP contribution >= 0.6 is 22.9 Å². The topological polar surface area (TPSA) is 24.5 Å². The fourth-order valence-corrected chi connectivity index (χ4v) is 2.89. The molecule has 1 aromatic heterocycles. The Labute approximate surface area is 135 Å². The van der Waals surface area contributed by atoms with Gasteiger partial charge in [-0.1, -0.05) is 17.7 Å². The molecule has 0 amide bonds. The minimum atomic E-state index is 0.214. The van der Waals surface area contributed by atoms with Crippen LogP contribution in [0.3, 0.4) is 0 Å². The van der Waals surface area contributed by atoms with Crippen molar-refractivity contribution in [2.24, 2.45) is 0 Å². The van der Waals surface area contributed by atoms with Crippen molar-refractivity contribution in [2.45, 2.75) is 13.0 Å². The smallest absolute Gasteiger partial charge is 0.121 e. The fraction of sp³-hybridized carbons (Fsp3) is 0.375. The number of rotatable bonds is 7. The van der Waals surface area contributed by atoms with E-state index in [9.17, 15) is 0 Å². The van der Waals surface area contributed by atoms with Crippen LogP contribution in [-0.2, 0) is 0 Å². The maximum Gasteiger partial charge on any atom is 0.121 e. The van der Waals surface area contributed by atoms with Crippen LogP contribution in [0.2, 0.25) is 4.34 Å². The maximum absolute atomic E-state index is 5.98. The molecular formula is C16H21ClN2OS. The van der Waals surface area contributed by atoms with E-state index in [0.29, 0.717) is 6.61 Å². The molecule has 0 saturated heterocycles. The highest BCUT2D eigenvalue weighted by atomic mass is 35.5. The first-order valence-electron chi connectivity index (χ1n) is 6.92. The van der Waals surface area contributed by atoms with E-state index in [2.05, 4.69) is 22.5 Å². The second kappa shape index (κ2) is 7.69. The van der Waals surface area contributed by atoms with Crippen LogP contribution < -0.4 is 10.1 Å². The fourth-order valence-electron chi connectivity index (χ4n) is 1.91. The van der Waals surface area contributed by atoms with Crippen molar-refractivity contribution in [2.75, 3.05) is 32.6 Å².